The molecule has 1 aromatic rings. The molecule has 0 fully saturated rings. The van der Waals surface area contributed by atoms with Crippen molar-refractivity contribution in [3.63, 3.8) is 0 Å². The highest BCUT2D eigenvalue weighted by Crippen LogP contribution is 2.24. The molecule has 0 saturated carbocycles. The van der Waals surface area contributed by atoms with Gasteiger partial charge in [0.15, 0.2) is 5.78 Å². The topological polar surface area (TPSA) is 40.9 Å². The van der Waals surface area contributed by atoms with Crippen molar-refractivity contribution in [2.45, 2.75) is 26.2 Å². The van der Waals surface area contributed by atoms with Gasteiger partial charge in [-0.2, -0.15) is 5.26 Å². The molecule has 0 aliphatic heterocycles. The number of halogens is 1. The number of hydrogen-bond donors (Lipinski definition) is 0. The Morgan fingerprint density at radius 2 is 2.07 bits per heavy atom. The Morgan fingerprint density at radius 1 is 1.47 bits per heavy atom. The van der Waals surface area contributed by atoms with Crippen LogP contribution in [0, 0.1) is 17.1 Å². The van der Waals surface area contributed by atoms with E-state index in [1.54, 1.807) is 19.9 Å². The number of nitrogens with zero attached hydrogens (tertiary/aromatic N) is 1. The molecule has 15 heavy (non-hydrogen) atoms. The van der Waals surface area contributed by atoms with Crippen LogP contribution in [0.15, 0.2) is 18.2 Å². The zero-order chi connectivity index (χ0) is 11.6. The van der Waals surface area contributed by atoms with Crippen molar-refractivity contribution in [3.8, 4) is 6.07 Å². The van der Waals surface area contributed by atoms with E-state index in [9.17, 15) is 9.18 Å². The van der Waals surface area contributed by atoms with E-state index >= 15 is 0 Å². The fourth-order valence-corrected chi connectivity index (χ4v) is 1.25. The summed E-state index contributed by atoms with van der Waals surface area (Å²) in [5.41, 5.74) is -0.101. The van der Waals surface area contributed by atoms with Crippen molar-refractivity contribution < 1.29 is 9.18 Å². The predicted octanol–water partition coefficient (Wildman–Crippen LogP) is 2.83. The van der Waals surface area contributed by atoms with Gasteiger partial charge in [-0.3, -0.25) is 4.79 Å². The second-order valence-electron chi connectivity index (χ2n) is 3.99. The molecule has 3 heteroatoms. The maximum absolute atomic E-state index is 13.4. The molecule has 78 valence electrons. The highest BCUT2D eigenvalue weighted by molar-refractivity contribution is 5.94. The van der Waals surface area contributed by atoms with Gasteiger partial charge in [-0.15, -0.1) is 0 Å². The molecular formula is C12H12FNO. The summed E-state index contributed by atoms with van der Waals surface area (Å²) >= 11 is 0. The third-order valence-corrected chi connectivity index (χ3v) is 2.35. The molecule has 0 radical (unpaired) electrons. The van der Waals surface area contributed by atoms with E-state index in [1.165, 1.54) is 19.1 Å². The Balaban J connectivity index is 3.25. The molecule has 0 bridgehead atoms. The van der Waals surface area contributed by atoms with E-state index < -0.39 is 11.2 Å². The summed E-state index contributed by atoms with van der Waals surface area (Å²) in [6.07, 6.45) is 0. The van der Waals surface area contributed by atoms with Crippen LogP contribution in [-0.2, 0) is 5.41 Å². The molecule has 0 atom stereocenters. The molecule has 0 spiro atoms. The average Bonchev–Trinajstić information content (AvgIpc) is 2.17. The normalized spacial score (nSPS) is 10.9. The van der Waals surface area contributed by atoms with Crippen LogP contribution >= 0.6 is 0 Å². The summed E-state index contributed by atoms with van der Waals surface area (Å²) in [4.78, 5) is 11.0. The van der Waals surface area contributed by atoms with Gasteiger partial charge < -0.3 is 0 Å². The van der Waals surface area contributed by atoms with E-state index in [0.29, 0.717) is 5.56 Å². The Morgan fingerprint density at radius 3 is 2.47 bits per heavy atom. The first-order valence-corrected chi connectivity index (χ1v) is 4.60. The fraction of sp³-hybridized carbons (Fsp3) is 0.333. The van der Waals surface area contributed by atoms with Crippen molar-refractivity contribution in [2.75, 3.05) is 0 Å². The average molecular weight is 205 g/mol. The van der Waals surface area contributed by atoms with Gasteiger partial charge in [0, 0.05) is 0 Å². The van der Waals surface area contributed by atoms with Crippen LogP contribution in [0.25, 0.3) is 0 Å². The lowest BCUT2D eigenvalue weighted by Gasteiger charge is -2.16. The zero-order valence-corrected chi connectivity index (χ0v) is 8.97. The number of rotatable bonds is 2. The number of benzene rings is 1. The lowest BCUT2D eigenvalue weighted by Crippen LogP contribution is -2.14. The first kappa shape index (κ1) is 11.4. The molecule has 0 N–H and O–H groups in total. The minimum absolute atomic E-state index is 0.0625. The Kier molecular flexibility index (Phi) is 2.90. The number of hydrogen-bond acceptors (Lipinski definition) is 2. The summed E-state index contributed by atoms with van der Waals surface area (Å²) < 4.78 is 13.4. The third-order valence-electron chi connectivity index (χ3n) is 2.35. The molecule has 0 unspecified atom stereocenters. The summed E-state index contributed by atoms with van der Waals surface area (Å²) in [6, 6.07) is 6.37. The second-order valence-corrected chi connectivity index (χ2v) is 3.99. The van der Waals surface area contributed by atoms with Crippen molar-refractivity contribution >= 4 is 5.78 Å². The molecule has 0 amide bonds. The predicted molar refractivity (Wildman–Crippen MR) is 55.0 cm³/mol. The van der Waals surface area contributed by atoms with E-state index in [-0.39, 0.29) is 11.3 Å². The van der Waals surface area contributed by atoms with Gasteiger partial charge in [-0.1, -0.05) is 6.07 Å². The SMILES string of the molecule is CC(=O)c1ccc(C(C)(C)C#N)cc1F. The van der Waals surface area contributed by atoms with Crippen LogP contribution in [-0.4, -0.2) is 5.78 Å². The number of carbonyl (C=O) groups is 1. The third kappa shape index (κ3) is 2.21. The first-order chi connectivity index (χ1) is 6.88. The number of ketones is 1. The van der Waals surface area contributed by atoms with Crippen molar-refractivity contribution in [1.29, 1.82) is 5.26 Å². The quantitative estimate of drug-likeness (QED) is 0.696. The Labute approximate surface area is 88.3 Å². The molecule has 0 aromatic heterocycles. The van der Waals surface area contributed by atoms with Crippen molar-refractivity contribution in [3.05, 3.63) is 35.1 Å². The van der Waals surface area contributed by atoms with E-state index in [2.05, 4.69) is 6.07 Å². The lowest BCUT2D eigenvalue weighted by molar-refractivity contribution is 0.101. The monoisotopic (exact) mass is 205 g/mol. The van der Waals surface area contributed by atoms with E-state index in [1.807, 2.05) is 0 Å². The molecule has 1 aromatic carbocycles. The highest BCUT2D eigenvalue weighted by atomic mass is 19.1. The van der Waals surface area contributed by atoms with Gasteiger partial charge in [0.2, 0.25) is 0 Å². The zero-order valence-electron chi connectivity index (χ0n) is 8.97. The van der Waals surface area contributed by atoms with Crippen LogP contribution in [0.3, 0.4) is 0 Å². The largest absolute Gasteiger partial charge is 0.294 e. The van der Waals surface area contributed by atoms with Crippen molar-refractivity contribution in [2.24, 2.45) is 0 Å². The molecule has 0 saturated heterocycles. The fourth-order valence-electron chi connectivity index (χ4n) is 1.25. The molecule has 0 aliphatic carbocycles. The van der Waals surface area contributed by atoms with Gasteiger partial charge in [0.05, 0.1) is 17.0 Å². The smallest absolute Gasteiger partial charge is 0.162 e. The van der Waals surface area contributed by atoms with E-state index in [4.69, 9.17) is 5.26 Å². The van der Waals surface area contributed by atoms with E-state index in [0.717, 1.165) is 0 Å². The first-order valence-electron chi connectivity index (χ1n) is 4.60. The summed E-state index contributed by atoms with van der Waals surface area (Å²) in [5.74, 6) is -0.878. The maximum Gasteiger partial charge on any atom is 0.162 e. The van der Waals surface area contributed by atoms with Gasteiger partial charge in [0.25, 0.3) is 0 Å². The van der Waals surface area contributed by atoms with Gasteiger partial charge in [-0.25, -0.2) is 4.39 Å². The van der Waals surface area contributed by atoms with Gasteiger partial charge >= 0.3 is 0 Å². The van der Waals surface area contributed by atoms with Crippen LogP contribution < -0.4 is 0 Å². The van der Waals surface area contributed by atoms with Crippen LogP contribution in [0.4, 0.5) is 4.39 Å². The minimum Gasteiger partial charge on any atom is -0.294 e. The number of nitriles is 1. The Bertz CT molecular complexity index is 443. The molecule has 0 heterocycles. The molecular weight excluding hydrogens is 193 g/mol. The van der Waals surface area contributed by atoms with Crippen molar-refractivity contribution in [1.82, 2.24) is 0 Å². The van der Waals surface area contributed by atoms with Gasteiger partial charge in [-0.05, 0) is 38.5 Å². The van der Waals surface area contributed by atoms with Crippen LogP contribution in [0.1, 0.15) is 36.7 Å². The van der Waals surface area contributed by atoms with Crippen LogP contribution in [0.2, 0.25) is 0 Å². The van der Waals surface area contributed by atoms with Crippen LogP contribution in [0.5, 0.6) is 0 Å². The Hall–Kier alpha value is -1.69. The standard InChI is InChI=1S/C12H12FNO/c1-8(15)10-5-4-9(6-11(10)13)12(2,3)7-14/h4-6H,1-3H3. The maximum atomic E-state index is 13.4. The highest BCUT2D eigenvalue weighted by Gasteiger charge is 2.21. The number of carbonyl (C=O) groups excluding carboxylic acids is 1. The molecule has 2 nitrogen and oxygen atoms in total. The number of Topliss-reactive ketones (excluding diaryl/α,β-unsaturated/α-hetero) is 1. The van der Waals surface area contributed by atoms with Gasteiger partial charge in [0.1, 0.15) is 5.82 Å². The minimum atomic E-state index is -0.740. The molecule has 0 aliphatic rings. The second kappa shape index (κ2) is 3.82. The summed E-state index contributed by atoms with van der Waals surface area (Å²) in [5, 5.41) is 8.88. The molecule has 1 rings (SSSR count). The summed E-state index contributed by atoms with van der Waals surface area (Å²) in [7, 11) is 0. The lowest BCUT2D eigenvalue weighted by atomic mass is 9.85. The summed E-state index contributed by atoms with van der Waals surface area (Å²) in [6.45, 7) is 4.72.